The number of nitrogens with zero attached hydrogens (tertiary/aromatic N) is 6. The summed E-state index contributed by atoms with van der Waals surface area (Å²) in [7, 11) is 0. The third-order valence-electron chi connectivity index (χ3n) is 6.57. The maximum absolute atomic E-state index is 12.2. The zero-order valence-corrected chi connectivity index (χ0v) is 21.0. The van der Waals surface area contributed by atoms with Gasteiger partial charge in [-0.3, -0.25) is 5.32 Å². The van der Waals surface area contributed by atoms with Crippen LogP contribution >= 0.6 is 11.3 Å². The molecule has 0 atom stereocenters. The smallest absolute Gasteiger partial charge is 0.350 e. The molecule has 10 nitrogen and oxygen atoms in total. The molecule has 0 amide bonds. The number of likely N-dealkylation sites (tertiary alicyclic amines) is 1. The van der Waals surface area contributed by atoms with E-state index in [1.165, 1.54) is 50.1 Å². The summed E-state index contributed by atoms with van der Waals surface area (Å²) in [6.45, 7) is 8.23. The van der Waals surface area contributed by atoms with Crippen LogP contribution in [0.25, 0.3) is 11.5 Å². The van der Waals surface area contributed by atoms with Crippen LogP contribution in [0, 0.1) is 6.92 Å². The van der Waals surface area contributed by atoms with Gasteiger partial charge in [0.1, 0.15) is 16.4 Å². The summed E-state index contributed by atoms with van der Waals surface area (Å²) in [5, 5.41) is 3.72. The van der Waals surface area contributed by atoms with Gasteiger partial charge >= 0.3 is 5.97 Å². The van der Waals surface area contributed by atoms with Crippen LogP contribution in [0.5, 0.6) is 0 Å². The van der Waals surface area contributed by atoms with Gasteiger partial charge < -0.3 is 19.0 Å². The predicted molar refractivity (Wildman–Crippen MR) is 134 cm³/mol. The van der Waals surface area contributed by atoms with Crippen LogP contribution in [0.15, 0.2) is 23.1 Å². The van der Waals surface area contributed by atoms with Gasteiger partial charge in [-0.2, -0.15) is 4.98 Å². The molecule has 2 fully saturated rings. The zero-order chi connectivity index (χ0) is 24.2. The molecule has 2 saturated heterocycles. The Morgan fingerprint density at radius 2 is 1.97 bits per heavy atom. The number of hydrogen-bond acceptors (Lipinski definition) is 11. The van der Waals surface area contributed by atoms with Crippen LogP contribution in [0.1, 0.15) is 54.4 Å². The second-order valence-electron chi connectivity index (χ2n) is 8.89. The highest BCUT2D eigenvalue weighted by molar-refractivity contribution is 7.17. The Morgan fingerprint density at radius 1 is 1.17 bits per heavy atom. The second kappa shape index (κ2) is 10.7. The molecule has 5 heterocycles. The molecular weight excluding hydrogens is 466 g/mol. The lowest BCUT2D eigenvalue weighted by Gasteiger charge is -2.40. The lowest BCUT2D eigenvalue weighted by atomic mass is 10.00. The number of carbonyl (C=O) groups excluding carboxylic acids is 1. The Balaban J connectivity index is 1.36. The van der Waals surface area contributed by atoms with E-state index in [-0.39, 0.29) is 5.97 Å². The van der Waals surface area contributed by atoms with Crippen LogP contribution in [-0.4, -0.2) is 69.6 Å². The number of esters is 1. The molecule has 3 aromatic heterocycles. The van der Waals surface area contributed by atoms with Crippen molar-refractivity contribution in [3.63, 3.8) is 0 Å². The highest BCUT2D eigenvalue weighted by atomic mass is 32.1. The summed E-state index contributed by atoms with van der Waals surface area (Å²) in [4.78, 5) is 35.6. The molecule has 0 unspecified atom stereocenters. The van der Waals surface area contributed by atoms with Crippen molar-refractivity contribution in [1.29, 1.82) is 0 Å². The number of carbonyl (C=O) groups is 1. The number of aryl methyl sites for hydroxylation is 1. The average molecular weight is 498 g/mol. The number of oxazole rings is 1. The van der Waals surface area contributed by atoms with Gasteiger partial charge in [0.15, 0.2) is 17.3 Å². The number of ether oxygens (including phenoxy) is 1. The van der Waals surface area contributed by atoms with Gasteiger partial charge in [0.2, 0.25) is 5.95 Å². The fourth-order valence-electron chi connectivity index (χ4n) is 4.80. The average Bonchev–Trinajstić information content (AvgIpc) is 3.55. The van der Waals surface area contributed by atoms with Crippen molar-refractivity contribution < 1.29 is 13.9 Å². The minimum atomic E-state index is -0.371. The summed E-state index contributed by atoms with van der Waals surface area (Å²) >= 11 is 1.23. The molecule has 0 spiro atoms. The fourth-order valence-corrected chi connectivity index (χ4v) is 5.65. The Hall–Kier alpha value is -3.05. The van der Waals surface area contributed by atoms with E-state index < -0.39 is 0 Å². The second-order valence-corrected chi connectivity index (χ2v) is 9.89. The molecule has 0 aliphatic carbocycles. The standard InChI is InChI=1S/C24H31N7O3S/c1-3-33-22(32)21-16(2)26-24(35-21)29-23-27-18(19-14-25-15-34-19)13-20(28-23)31-11-7-17(8-12-31)30-9-5-4-6-10-30/h13-15,17H,3-12H2,1-2H3,(H,26,27,28,29). The molecule has 0 aromatic carbocycles. The summed E-state index contributed by atoms with van der Waals surface area (Å²) < 4.78 is 10.7. The number of rotatable bonds is 7. The zero-order valence-electron chi connectivity index (χ0n) is 20.2. The number of anilines is 3. The first-order valence-electron chi connectivity index (χ1n) is 12.3. The number of aromatic nitrogens is 4. The minimum Gasteiger partial charge on any atom is -0.462 e. The lowest BCUT2D eigenvalue weighted by molar-refractivity contribution is 0.0531. The van der Waals surface area contributed by atoms with E-state index in [1.54, 1.807) is 20.0 Å². The molecule has 35 heavy (non-hydrogen) atoms. The van der Waals surface area contributed by atoms with Gasteiger partial charge in [0, 0.05) is 25.2 Å². The first kappa shape index (κ1) is 23.7. The van der Waals surface area contributed by atoms with E-state index in [2.05, 4.69) is 30.1 Å². The summed E-state index contributed by atoms with van der Waals surface area (Å²) in [5.41, 5.74) is 1.26. The molecule has 0 radical (unpaired) electrons. The number of thiazole rings is 1. The van der Waals surface area contributed by atoms with Crippen LogP contribution < -0.4 is 10.2 Å². The SMILES string of the molecule is CCOC(=O)c1sc(Nc2nc(-c3cnco3)cc(N3CCC(N4CCCCC4)CC3)n2)nc1C. The molecule has 2 aliphatic rings. The fraction of sp³-hybridized carbons (Fsp3) is 0.542. The van der Waals surface area contributed by atoms with E-state index in [0.29, 0.717) is 45.8 Å². The monoisotopic (exact) mass is 497 g/mol. The Kier molecular flexibility index (Phi) is 7.24. The van der Waals surface area contributed by atoms with Crippen molar-refractivity contribution in [3.05, 3.63) is 29.2 Å². The summed E-state index contributed by atoms with van der Waals surface area (Å²) in [6.07, 6.45) is 9.27. The van der Waals surface area contributed by atoms with Gasteiger partial charge in [-0.05, 0) is 52.6 Å². The van der Waals surface area contributed by atoms with Gasteiger partial charge in [0.05, 0.1) is 18.5 Å². The molecule has 2 aliphatic heterocycles. The van der Waals surface area contributed by atoms with E-state index in [0.717, 1.165) is 31.7 Å². The lowest BCUT2D eigenvalue weighted by Crippen LogP contribution is -2.47. The molecule has 5 rings (SSSR count). The molecule has 186 valence electrons. The van der Waals surface area contributed by atoms with Crippen molar-refractivity contribution in [2.24, 2.45) is 0 Å². The van der Waals surface area contributed by atoms with Crippen molar-refractivity contribution >= 4 is 34.2 Å². The van der Waals surface area contributed by atoms with Crippen molar-refractivity contribution in [1.82, 2.24) is 24.8 Å². The quantitative estimate of drug-likeness (QED) is 0.475. The van der Waals surface area contributed by atoms with E-state index in [9.17, 15) is 4.79 Å². The Labute approximate surface area is 208 Å². The van der Waals surface area contributed by atoms with Gasteiger partial charge in [-0.15, -0.1) is 0 Å². The summed E-state index contributed by atoms with van der Waals surface area (Å²) in [6, 6.07) is 2.60. The predicted octanol–water partition coefficient (Wildman–Crippen LogP) is 4.27. The van der Waals surface area contributed by atoms with E-state index in [4.69, 9.17) is 14.1 Å². The van der Waals surface area contributed by atoms with Crippen LogP contribution in [0.4, 0.5) is 16.9 Å². The largest absolute Gasteiger partial charge is 0.462 e. The third kappa shape index (κ3) is 5.46. The van der Waals surface area contributed by atoms with Crippen molar-refractivity contribution in [2.45, 2.75) is 52.0 Å². The Morgan fingerprint density at radius 3 is 2.69 bits per heavy atom. The van der Waals surface area contributed by atoms with Crippen LogP contribution in [0.3, 0.4) is 0 Å². The summed E-state index contributed by atoms with van der Waals surface area (Å²) in [5.74, 6) is 1.44. The maximum atomic E-state index is 12.2. The number of hydrogen-bond donors (Lipinski definition) is 1. The van der Waals surface area contributed by atoms with Crippen LogP contribution in [0.2, 0.25) is 0 Å². The third-order valence-corrected chi connectivity index (χ3v) is 7.62. The molecule has 11 heteroatoms. The Bertz CT molecular complexity index is 1140. The van der Waals surface area contributed by atoms with Crippen molar-refractivity contribution in [3.8, 4) is 11.5 Å². The highest BCUT2D eigenvalue weighted by Gasteiger charge is 2.27. The van der Waals surface area contributed by atoms with Gasteiger partial charge in [0.25, 0.3) is 0 Å². The first-order valence-corrected chi connectivity index (χ1v) is 13.1. The maximum Gasteiger partial charge on any atom is 0.350 e. The highest BCUT2D eigenvalue weighted by Crippen LogP contribution is 2.30. The van der Waals surface area contributed by atoms with Gasteiger partial charge in [-0.25, -0.2) is 19.7 Å². The molecule has 1 N–H and O–H groups in total. The van der Waals surface area contributed by atoms with E-state index >= 15 is 0 Å². The van der Waals surface area contributed by atoms with Crippen LogP contribution in [-0.2, 0) is 4.74 Å². The number of piperidine rings is 2. The normalized spacial score (nSPS) is 17.5. The molecule has 0 bridgehead atoms. The van der Waals surface area contributed by atoms with E-state index in [1.807, 2.05) is 6.07 Å². The molecular formula is C24H31N7O3S. The van der Waals surface area contributed by atoms with Crippen molar-refractivity contribution in [2.75, 3.05) is 43.0 Å². The van der Waals surface area contributed by atoms with Gasteiger partial charge in [-0.1, -0.05) is 17.8 Å². The first-order chi connectivity index (χ1) is 17.1. The minimum absolute atomic E-state index is 0.319. The number of nitrogens with one attached hydrogen (secondary N) is 1. The topological polar surface area (TPSA) is 110 Å². The molecule has 3 aromatic rings. The molecule has 0 saturated carbocycles.